The molecule has 3 saturated heterocycles. The number of imidazole rings is 2. The van der Waals surface area contributed by atoms with Crippen LogP contribution in [0.2, 0.25) is 0 Å². The largest absolute Gasteiger partial charge is 0.472 e. The molecule has 13 atom stereocenters. The van der Waals surface area contributed by atoms with Crippen LogP contribution >= 0.6 is 23.5 Å². The van der Waals surface area contributed by atoms with Crippen molar-refractivity contribution in [2.24, 2.45) is 5.92 Å². The van der Waals surface area contributed by atoms with E-state index in [1.165, 1.54) is 36.0 Å². The molecular formula is C37H52N15O20P3. The number of nitrogens with two attached hydrogens (primary N) is 3. The predicted molar refractivity (Wildman–Crippen MR) is 252 cm³/mol. The fourth-order valence-corrected chi connectivity index (χ4v) is 12.0. The van der Waals surface area contributed by atoms with E-state index in [2.05, 4.69) is 44.9 Å². The van der Waals surface area contributed by atoms with Gasteiger partial charge in [0.2, 0.25) is 11.9 Å². The van der Waals surface area contributed by atoms with Gasteiger partial charge in [-0.25, -0.2) is 33.6 Å². The number of H-pyrrole nitrogens is 3. The van der Waals surface area contributed by atoms with Crippen LogP contribution in [0.3, 0.4) is 0 Å². The number of phosphoric ester groups is 3. The molecule has 0 aliphatic carbocycles. The van der Waals surface area contributed by atoms with Gasteiger partial charge in [-0.15, -0.1) is 0 Å². The van der Waals surface area contributed by atoms with Gasteiger partial charge in [0.25, 0.3) is 11.1 Å². The van der Waals surface area contributed by atoms with E-state index in [1.54, 1.807) is 11.1 Å². The molecule has 0 spiro atoms. The molecule has 0 amide bonds. The summed E-state index contributed by atoms with van der Waals surface area (Å²) in [6.45, 7) is -2.84. The summed E-state index contributed by atoms with van der Waals surface area (Å²) in [5.74, 6) is -1.29. The van der Waals surface area contributed by atoms with Gasteiger partial charge in [-0.1, -0.05) is 0 Å². The number of aromatic nitrogens is 11. The highest BCUT2D eigenvalue weighted by atomic mass is 31.2. The van der Waals surface area contributed by atoms with Crippen molar-refractivity contribution < 1.29 is 84.7 Å². The standard InChI is InChI=1S/C37H52N15O20P3/c1-63-27-25(19(10-54)68-34(27)51-14-44-23-30(51)46-36(39)48-32(23)55)71-75(61,62)67-12-20-26(28(64-2)35(69-20)52-15-45-24-31(52)47-37(40)49-33(24)56)72-74(59,60)66-11-17-8-50(9-18(17)70-73(57,58)65-5-3-4-53)7-16-6-41-22-21(16)42-13-43-29(22)38/h6,13-15,17-20,25-28,34-35,41,53-54H,3-5,7-12H2,1-2H3,(H,57,58)(H,59,60)(H,61,62)(H2,38,42,43)(H3,39,46,48,55)(H3,40,47,49,56)/t17-,18+,19-,20-,25-,26-,27-,28-,34-,35-/m1/s1. The Morgan fingerprint density at radius 2 is 1.28 bits per heavy atom. The minimum absolute atomic E-state index is 0.0234. The lowest BCUT2D eigenvalue weighted by molar-refractivity contribution is -0.0626. The summed E-state index contributed by atoms with van der Waals surface area (Å²) >= 11 is 0. The van der Waals surface area contributed by atoms with Crippen molar-refractivity contribution in [2.45, 2.75) is 68.1 Å². The molecular weight excluding hydrogens is 1070 g/mol. The summed E-state index contributed by atoms with van der Waals surface area (Å²) in [6.07, 6.45) is -7.65. The lowest BCUT2D eigenvalue weighted by Gasteiger charge is -2.27. The van der Waals surface area contributed by atoms with E-state index in [0.717, 1.165) is 6.33 Å². The third-order valence-corrected chi connectivity index (χ3v) is 15.4. The monoisotopic (exact) mass is 1120 g/mol. The van der Waals surface area contributed by atoms with Gasteiger partial charge >= 0.3 is 23.5 Å². The number of likely N-dealkylation sites (tertiary alicyclic amines) is 1. The predicted octanol–water partition coefficient (Wildman–Crippen LogP) is -1.89. The summed E-state index contributed by atoms with van der Waals surface area (Å²) < 4.78 is 100.0. The maximum absolute atomic E-state index is 14.1. The third-order valence-electron chi connectivity index (χ3n) is 12.4. The van der Waals surface area contributed by atoms with Crippen molar-refractivity contribution in [2.75, 3.05) is 77.5 Å². The van der Waals surface area contributed by atoms with Crippen LogP contribution in [0.15, 0.2) is 34.8 Å². The van der Waals surface area contributed by atoms with Crippen molar-refractivity contribution in [1.82, 2.24) is 58.9 Å². The van der Waals surface area contributed by atoms with Crippen LogP contribution in [-0.4, -0.2) is 187 Å². The smallest absolute Gasteiger partial charge is 0.396 e. The number of fused-ring (bicyclic) bond motifs is 3. The Hall–Kier alpha value is -5.23. The Morgan fingerprint density at radius 3 is 1.85 bits per heavy atom. The number of ether oxygens (including phenoxy) is 4. The first kappa shape index (κ1) is 54.6. The van der Waals surface area contributed by atoms with Crippen LogP contribution < -0.4 is 28.3 Å². The van der Waals surface area contributed by atoms with Crippen molar-refractivity contribution in [1.29, 1.82) is 0 Å². The second-order valence-corrected chi connectivity index (χ2v) is 21.4. The number of nitrogens with zero attached hydrogens (tertiary/aromatic N) is 9. The Kier molecular flexibility index (Phi) is 16.0. The molecule has 6 aromatic rings. The van der Waals surface area contributed by atoms with E-state index in [4.69, 9.17) is 63.3 Å². The summed E-state index contributed by atoms with van der Waals surface area (Å²) in [5, 5.41) is 19.5. The van der Waals surface area contributed by atoms with Crippen LogP contribution in [0.5, 0.6) is 0 Å². The number of aromatic amines is 3. The molecule has 0 aromatic carbocycles. The van der Waals surface area contributed by atoms with Crippen LogP contribution in [0, 0.1) is 5.92 Å². The highest BCUT2D eigenvalue weighted by Gasteiger charge is 2.54. The zero-order chi connectivity index (χ0) is 53.6. The lowest BCUT2D eigenvalue weighted by atomic mass is 10.1. The SMILES string of the molecule is CO[C@@H]1[C@H](OP(=O)(O)OC[C@H]2O[C@@H](n3cnc4c(=O)[nH]c(N)nc43)[C@H](OC)[C@@H]2OP(=O)(O)OC[C@H]2CN(Cc3c[nH]c4c(N)ncnc34)C[C@@H]2OP(=O)(O)OCCCO)[C@@H](CO)O[C@H]1n1cnc2c(=O)[nH]c(N)nc21. The number of aliphatic hydroxyl groups is 2. The number of methoxy groups -OCH3 is 2. The molecule has 3 fully saturated rings. The zero-order valence-electron chi connectivity index (χ0n) is 39.4. The van der Waals surface area contributed by atoms with Gasteiger partial charge in [0.15, 0.2) is 40.6 Å². The molecule has 75 heavy (non-hydrogen) atoms. The van der Waals surface area contributed by atoms with Crippen molar-refractivity contribution in [3.05, 3.63) is 51.4 Å². The number of rotatable bonds is 23. The summed E-state index contributed by atoms with van der Waals surface area (Å²) in [7, 11) is -13.0. The molecule has 38 heteroatoms. The van der Waals surface area contributed by atoms with E-state index < -0.39 is 116 Å². The lowest BCUT2D eigenvalue weighted by Crippen LogP contribution is -2.38. The third kappa shape index (κ3) is 11.6. The fourth-order valence-electron chi connectivity index (χ4n) is 9.04. The first-order chi connectivity index (χ1) is 35.7. The normalized spacial score (nSPS) is 27.9. The average Bonchev–Trinajstić information content (AvgIpc) is 4.22. The van der Waals surface area contributed by atoms with Gasteiger partial charge in [0, 0.05) is 58.1 Å². The number of hydrogen-bond acceptors (Lipinski definition) is 27. The number of phosphoric acid groups is 3. The second-order valence-electron chi connectivity index (χ2n) is 17.2. The van der Waals surface area contributed by atoms with Crippen LogP contribution in [0.1, 0.15) is 24.4 Å². The van der Waals surface area contributed by atoms with Crippen LogP contribution in [0.25, 0.3) is 33.4 Å². The first-order valence-electron chi connectivity index (χ1n) is 22.5. The molecule has 9 rings (SSSR count). The Labute approximate surface area is 420 Å². The molecule has 0 radical (unpaired) electrons. The summed E-state index contributed by atoms with van der Waals surface area (Å²) in [5.41, 5.74) is 17.4. The Bertz CT molecular complexity index is 3290. The maximum atomic E-state index is 14.1. The second kappa shape index (κ2) is 22.0. The molecule has 3 aliphatic heterocycles. The van der Waals surface area contributed by atoms with E-state index in [0.29, 0.717) is 16.6 Å². The molecule has 3 aliphatic rings. The molecule has 410 valence electrons. The zero-order valence-corrected chi connectivity index (χ0v) is 42.1. The molecule has 6 aromatic heterocycles. The van der Waals surface area contributed by atoms with Crippen molar-refractivity contribution in [3.8, 4) is 0 Å². The number of hydrogen-bond donors (Lipinski definition) is 11. The van der Waals surface area contributed by atoms with E-state index in [-0.39, 0.29) is 79.3 Å². The van der Waals surface area contributed by atoms with Gasteiger partial charge in [-0.05, 0) is 6.42 Å². The van der Waals surface area contributed by atoms with Gasteiger partial charge in [-0.3, -0.25) is 60.7 Å². The minimum atomic E-state index is -5.33. The van der Waals surface area contributed by atoms with Crippen LogP contribution in [-0.2, 0) is 66.3 Å². The fraction of sp³-hybridized carbons (Fsp3) is 0.568. The van der Waals surface area contributed by atoms with E-state index in [9.17, 15) is 48.2 Å². The molecule has 0 saturated carbocycles. The van der Waals surface area contributed by atoms with Crippen molar-refractivity contribution >= 4 is 74.5 Å². The Morgan fingerprint density at radius 1 is 0.720 bits per heavy atom. The summed E-state index contributed by atoms with van der Waals surface area (Å²) in [6, 6.07) is 0. The van der Waals surface area contributed by atoms with E-state index >= 15 is 0 Å². The number of nitrogens with one attached hydrogen (secondary N) is 3. The number of nitrogen functional groups attached to an aromatic ring is 3. The maximum Gasteiger partial charge on any atom is 0.472 e. The highest BCUT2D eigenvalue weighted by molar-refractivity contribution is 7.48. The number of anilines is 3. The Balaban J connectivity index is 0.947. The van der Waals surface area contributed by atoms with Gasteiger partial charge in [0.1, 0.15) is 48.5 Å². The quantitative estimate of drug-likeness (QED) is 0.0247. The number of aliphatic hydroxyl groups excluding tert-OH is 2. The van der Waals surface area contributed by atoms with Gasteiger partial charge < -0.3 is 66.0 Å². The van der Waals surface area contributed by atoms with Crippen molar-refractivity contribution in [3.63, 3.8) is 0 Å². The molecule has 3 unspecified atom stereocenters. The average molecular weight is 1120 g/mol. The first-order valence-corrected chi connectivity index (χ1v) is 27.0. The van der Waals surface area contributed by atoms with Gasteiger partial charge in [-0.2, -0.15) is 9.97 Å². The summed E-state index contributed by atoms with van der Waals surface area (Å²) in [4.78, 5) is 92.7. The molecule has 0 bridgehead atoms. The topological polar surface area (TPSA) is 495 Å². The van der Waals surface area contributed by atoms with Gasteiger partial charge in [0.05, 0.1) is 50.7 Å². The van der Waals surface area contributed by atoms with Crippen LogP contribution in [0.4, 0.5) is 17.7 Å². The molecule has 35 nitrogen and oxygen atoms in total. The molecule has 14 N–H and O–H groups in total. The molecule has 9 heterocycles. The van der Waals surface area contributed by atoms with E-state index in [1.807, 2.05) is 0 Å². The minimum Gasteiger partial charge on any atom is -0.396 e. The highest BCUT2D eigenvalue weighted by Crippen LogP contribution is 2.54.